The van der Waals surface area contributed by atoms with Gasteiger partial charge in [0.1, 0.15) is 19.0 Å². The van der Waals surface area contributed by atoms with Crippen LogP contribution < -0.4 is 24.2 Å². The van der Waals surface area contributed by atoms with Gasteiger partial charge in [-0.1, -0.05) is 12.1 Å². The van der Waals surface area contributed by atoms with Crippen LogP contribution in [0.25, 0.3) is 6.08 Å². The molecule has 8 nitrogen and oxygen atoms in total. The van der Waals surface area contributed by atoms with Crippen molar-refractivity contribution in [3.63, 3.8) is 0 Å². The number of fused-ring (bicyclic) bond motifs is 1. The van der Waals surface area contributed by atoms with Crippen molar-refractivity contribution in [2.75, 3.05) is 30.4 Å². The van der Waals surface area contributed by atoms with Crippen molar-refractivity contribution >= 4 is 33.4 Å². The predicted molar refractivity (Wildman–Crippen MR) is 125 cm³/mol. The lowest BCUT2D eigenvalue weighted by molar-refractivity contribution is -0.111. The number of anilines is 2. The fourth-order valence-corrected chi connectivity index (χ4v) is 4.20. The van der Waals surface area contributed by atoms with Gasteiger partial charge in [-0.15, -0.1) is 0 Å². The van der Waals surface area contributed by atoms with Crippen molar-refractivity contribution in [1.29, 1.82) is 0 Å². The molecule has 0 fully saturated rings. The van der Waals surface area contributed by atoms with Crippen molar-refractivity contribution in [3.05, 3.63) is 78.4 Å². The molecule has 2 N–H and O–H groups in total. The quantitative estimate of drug-likeness (QED) is 0.512. The number of amides is 1. The Hall–Kier alpha value is -3.98. The van der Waals surface area contributed by atoms with E-state index in [0.29, 0.717) is 41.8 Å². The summed E-state index contributed by atoms with van der Waals surface area (Å²) in [6.45, 7) is 0.795. The Balaban J connectivity index is 1.38. The lowest BCUT2D eigenvalue weighted by Gasteiger charge is -2.19. The van der Waals surface area contributed by atoms with E-state index in [4.69, 9.17) is 14.2 Å². The van der Waals surface area contributed by atoms with Gasteiger partial charge in [0.05, 0.1) is 12.0 Å². The molecule has 4 rings (SSSR count). The molecule has 9 heteroatoms. The summed E-state index contributed by atoms with van der Waals surface area (Å²) >= 11 is 0. The van der Waals surface area contributed by atoms with E-state index >= 15 is 0 Å². The van der Waals surface area contributed by atoms with Crippen LogP contribution in [0.1, 0.15) is 5.56 Å². The zero-order valence-electron chi connectivity index (χ0n) is 17.8. The SMILES string of the molecule is COc1cccc(/C=C/C(=O)Nc2ccc(NS(=O)(=O)c3ccc4c(c3)OCCO4)cc2)c1. The maximum Gasteiger partial charge on any atom is 0.262 e. The largest absolute Gasteiger partial charge is 0.497 e. The minimum atomic E-state index is -3.82. The molecular weight excluding hydrogens is 444 g/mol. The summed E-state index contributed by atoms with van der Waals surface area (Å²) in [4.78, 5) is 12.3. The van der Waals surface area contributed by atoms with Crippen LogP contribution in [0.15, 0.2) is 77.7 Å². The molecule has 1 heterocycles. The topological polar surface area (TPSA) is 103 Å². The number of ether oxygens (including phenoxy) is 3. The monoisotopic (exact) mass is 466 g/mol. The molecule has 0 bridgehead atoms. The molecule has 0 spiro atoms. The number of hydrogen-bond donors (Lipinski definition) is 2. The predicted octanol–water partition coefficient (Wildman–Crippen LogP) is 3.92. The molecule has 0 unspecified atom stereocenters. The highest BCUT2D eigenvalue weighted by atomic mass is 32.2. The van der Waals surface area contributed by atoms with E-state index < -0.39 is 10.0 Å². The molecule has 1 aliphatic heterocycles. The second-order valence-electron chi connectivity index (χ2n) is 7.09. The van der Waals surface area contributed by atoms with E-state index in [1.807, 2.05) is 24.3 Å². The van der Waals surface area contributed by atoms with Crippen LogP contribution >= 0.6 is 0 Å². The van der Waals surface area contributed by atoms with Crippen LogP contribution in [-0.4, -0.2) is 34.6 Å². The minimum absolute atomic E-state index is 0.0619. The second kappa shape index (κ2) is 9.66. The van der Waals surface area contributed by atoms with Gasteiger partial charge in [0.25, 0.3) is 10.0 Å². The zero-order valence-corrected chi connectivity index (χ0v) is 18.6. The smallest absolute Gasteiger partial charge is 0.262 e. The summed E-state index contributed by atoms with van der Waals surface area (Å²) in [5, 5.41) is 2.73. The lowest BCUT2D eigenvalue weighted by Crippen LogP contribution is -2.17. The van der Waals surface area contributed by atoms with E-state index in [9.17, 15) is 13.2 Å². The van der Waals surface area contributed by atoms with Crippen LogP contribution in [0.3, 0.4) is 0 Å². The highest BCUT2D eigenvalue weighted by molar-refractivity contribution is 7.92. The average molecular weight is 467 g/mol. The molecule has 33 heavy (non-hydrogen) atoms. The van der Waals surface area contributed by atoms with Gasteiger partial charge < -0.3 is 19.5 Å². The van der Waals surface area contributed by atoms with Crippen LogP contribution in [0.4, 0.5) is 11.4 Å². The summed E-state index contributed by atoms with van der Waals surface area (Å²) in [7, 11) is -2.24. The van der Waals surface area contributed by atoms with Crippen LogP contribution in [-0.2, 0) is 14.8 Å². The van der Waals surface area contributed by atoms with Gasteiger partial charge in [-0.25, -0.2) is 8.42 Å². The zero-order chi connectivity index (χ0) is 23.3. The molecule has 1 aliphatic rings. The van der Waals surface area contributed by atoms with Crippen LogP contribution in [0, 0.1) is 0 Å². The first kappa shape index (κ1) is 22.2. The van der Waals surface area contributed by atoms with E-state index in [1.165, 1.54) is 18.2 Å². The molecule has 3 aromatic rings. The highest BCUT2D eigenvalue weighted by Crippen LogP contribution is 2.32. The van der Waals surface area contributed by atoms with E-state index in [-0.39, 0.29) is 10.8 Å². The van der Waals surface area contributed by atoms with Crippen molar-refractivity contribution in [2.45, 2.75) is 4.90 Å². The van der Waals surface area contributed by atoms with Gasteiger partial charge in [0.15, 0.2) is 11.5 Å². The van der Waals surface area contributed by atoms with Crippen molar-refractivity contribution in [2.24, 2.45) is 0 Å². The third kappa shape index (κ3) is 5.64. The molecule has 0 atom stereocenters. The summed E-state index contributed by atoms with van der Waals surface area (Å²) in [5.74, 6) is 1.29. The van der Waals surface area contributed by atoms with Gasteiger partial charge in [0, 0.05) is 23.5 Å². The molecule has 0 saturated carbocycles. The Kier molecular flexibility index (Phi) is 6.50. The summed E-state index contributed by atoms with van der Waals surface area (Å²) in [5.41, 5.74) is 1.71. The average Bonchev–Trinajstić information content (AvgIpc) is 2.83. The molecule has 0 aromatic heterocycles. The minimum Gasteiger partial charge on any atom is -0.497 e. The van der Waals surface area contributed by atoms with E-state index in [0.717, 1.165) is 5.56 Å². The Morgan fingerprint density at radius 3 is 2.42 bits per heavy atom. The maximum absolute atomic E-state index is 12.7. The van der Waals surface area contributed by atoms with Crippen molar-refractivity contribution in [1.82, 2.24) is 0 Å². The molecule has 3 aromatic carbocycles. The summed E-state index contributed by atoms with van der Waals surface area (Å²) < 4.78 is 44.0. The molecule has 0 radical (unpaired) electrons. The summed E-state index contributed by atoms with van der Waals surface area (Å²) in [6.07, 6.45) is 3.08. The Bertz CT molecular complexity index is 1290. The van der Waals surface area contributed by atoms with E-state index in [1.54, 1.807) is 43.5 Å². The molecule has 170 valence electrons. The second-order valence-corrected chi connectivity index (χ2v) is 8.77. The number of rotatable bonds is 7. The van der Waals surface area contributed by atoms with Crippen LogP contribution in [0.2, 0.25) is 0 Å². The molecule has 0 aliphatic carbocycles. The first-order chi connectivity index (χ1) is 15.9. The maximum atomic E-state index is 12.7. The fourth-order valence-electron chi connectivity index (χ4n) is 3.13. The number of sulfonamides is 1. The summed E-state index contributed by atoms with van der Waals surface area (Å²) in [6, 6.07) is 18.1. The Morgan fingerprint density at radius 2 is 1.67 bits per heavy atom. The third-order valence-corrected chi connectivity index (χ3v) is 6.13. The number of methoxy groups -OCH3 is 1. The number of carbonyl (C=O) groups excluding carboxylic acids is 1. The van der Waals surface area contributed by atoms with Crippen molar-refractivity contribution in [3.8, 4) is 17.2 Å². The van der Waals surface area contributed by atoms with Gasteiger partial charge >= 0.3 is 0 Å². The molecule has 0 saturated heterocycles. The van der Waals surface area contributed by atoms with Gasteiger partial charge in [-0.05, 0) is 60.2 Å². The van der Waals surface area contributed by atoms with Crippen molar-refractivity contribution < 1.29 is 27.4 Å². The molecular formula is C24H22N2O6S. The number of hydrogen-bond acceptors (Lipinski definition) is 6. The third-order valence-electron chi connectivity index (χ3n) is 4.75. The Morgan fingerprint density at radius 1 is 0.939 bits per heavy atom. The Labute approximate surface area is 191 Å². The normalized spacial score (nSPS) is 12.9. The highest BCUT2D eigenvalue weighted by Gasteiger charge is 2.19. The van der Waals surface area contributed by atoms with E-state index in [2.05, 4.69) is 10.0 Å². The number of benzene rings is 3. The first-order valence-corrected chi connectivity index (χ1v) is 11.6. The standard InChI is InChI=1S/C24H22N2O6S/c1-30-20-4-2-3-17(15-20)5-12-24(27)25-18-6-8-19(9-7-18)26-33(28,29)21-10-11-22-23(16-21)32-14-13-31-22/h2-12,15-16,26H,13-14H2,1H3,(H,25,27)/b12-5+. The number of nitrogens with one attached hydrogen (secondary N) is 2. The van der Waals surface area contributed by atoms with Gasteiger partial charge in [0.2, 0.25) is 5.91 Å². The van der Waals surface area contributed by atoms with Gasteiger partial charge in [-0.2, -0.15) is 0 Å². The number of carbonyl (C=O) groups is 1. The van der Waals surface area contributed by atoms with Gasteiger partial charge in [-0.3, -0.25) is 9.52 Å². The molecule has 1 amide bonds. The lowest BCUT2D eigenvalue weighted by atomic mass is 10.2. The van der Waals surface area contributed by atoms with Crippen LogP contribution in [0.5, 0.6) is 17.2 Å². The first-order valence-electron chi connectivity index (χ1n) is 10.1. The fraction of sp³-hybridized carbons (Fsp3) is 0.125.